The molecule has 1 aliphatic heterocycles. The number of nitrogens with zero attached hydrogens (tertiary/aromatic N) is 1. The smallest absolute Gasteiger partial charge is 0.338 e. The number of alkyl halides is 2. The number of carbonyl (C=O) groups excluding carboxylic acids is 4. The Bertz CT molecular complexity index is 1200. The Kier molecular flexibility index (Phi) is 6.01. The third-order valence-electron chi connectivity index (χ3n) is 7.49. The molecule has 1 heterocycles. The summed E-state index contributed by atoms with van der Waals surface area (Å²) < 4.78 is 5.24. The van der Waals surface area contributed by atoms with Crippen molar-refractivity contribution in [1.29, 1.82) is 0 Å². The van der Waals surface area contributed by atoms with Crippen LogP contribution in [0.3, 0.4) is 0 Å². The van der Waals surface area contributed by atoms with Gasteiger partial charge in [-0.1, -0.05) is 50.1 Å². The summed E-state index contributed by atoms with van der Waals surface area (Å²) in [5.74, 6) is -1.82. The molecule has 2 saturated carbocycles. The van der Waals surface area contributed by atoms with Crippen molar-refractivity contribution in [2.75, 3.05) is 11.5 Å². The number of fused-ring (bicyclic) bond motifs is 5. The highest BCUT2D eigenvalue weighted by Crippen LogP contribution is 2.60. The molecule has 2 bridgehead atoms. The summed E-state index contributed by atoms with van der Waals surface area (Å²) in [5, 5.41) is 0. The van der Waals surface area contributed by atoms with Crippen LogP contribution in [0.5, 0.6) is 0 Å². The molecule has 0 N–H and O–H groups in total. The molecule has 0 spiro atoms. The van der Waals surface area contributed by atoms with Crippen molar-refractivity contribution in [2.45, 2.75) is 29.9 Å². The van der Waals surface area contributed by atoms with E-state index in [0.29, 0.717) is 11.3 Å². The molecule has 8 heteroatoms. The van der Waals surface area contributed by atoms with Crippen LogP contribution in [-0.2, 0) is 14.3 Å². The fourth-order valence-corrected chi connectivity index (χ4v) is 7.46. The van der Waals surface area contributed by atoms with Crippen molar-refractivity contribution >= 4 is 61.1 Å². The molecular weight excluding hydrogens is 566 g/mol. The van der Waals surface area contributed by atoms with Crippen LogP contribution < -0.4 is 4.90 Å². The van der Waals surface area contributed by atoms with Crippen LogP contribution in [0.4, 0.5) is 5.69 Å². The molecule has 3 fully saturated rings. The first kappa shape index (κ1) is 23.4. The number of amides is 2. The van der Waals surface area contributed by atoms with Gasteiger partial charge in [0.25, 0.3) is 0 Å². The molecule has 6 atom stereocenters. The average molecular weight is 589 g/mol. The van der Waals surface area contributed by atoms with Crippen molar-refractivity contribution in [3.8, 4) is 0 Å². The number of halogens is 2. The second-order valence-corrected chi connectivity index (χ2v) is 11.5. The van der Waals surface area contributed by atoms with Gasteiger partial charge in [-0.25, -0.2) is 4.79 Å². The quantitative estimate of drug-likeness (QED) is 0.220. The number of imide groups is 1. The first-order valence-electron chi connectivity index (χ1n) is 11.2. The molecule has 34 heavy (non-hydrogen) atoms. The van der Waals surface area contributed by atoms with E-state index in [1.165, 1.54) is 11.0 Å². The van der Waals surface area contributed by atoms with E-state index in [9.17, 15) is 19.2 Å². The van der Waals surface area contributed by atoms with Crippen LogP contribution in [0.25, 0.3) is 0 Å². The van der Waals surface area contributed by atoms with E-state index < -0.39 is 5.97 Å². The van der Waals surface area contributed by atoms with E-state index in [2.05, 4.69) is 31.9 Å². The minimum absolute atomic E-state index is 0.116. The second-order valence-electron chi connectivity index (χ2n) is 9.36. The van der Waals surface area contributed by atoms with Crippen molar-refractivity contribution in [1.82, 2.24) is 0 Å². The number of rotatable bonds is 5. The molecule has 0 aromatic heterocycles. The lowest BCUT2D eigenvalue weighted by Gasteiger charge is -2.28. The highest BCUT2D eigenvalue weighted by atomic mass is 79.9. The van der Waals surface area contributed by atoms with E-state index in [4.69, 9.17) is 4.74 Å². The summed E-state index contributed by atoms with van der Waals surface area (Å²) in [6.45, 7) is 3.49. The maximum absolute atomic E-state index is 13.3. The highest BCUT2D eigenvalue weighted by molar-refractivity contribution is 9.12. The highest BCUT2D eigenvalue weighted by Gasteiger charge is 2.66. The third-order valence-corrected chi connectivity index (χ3v) is 10.7. The minimum atomic E-state index is -0.681. The van der Waals surface area contributed by atoms with Gasteiger partial charge in [-0.3, -0.25) is 19.3 Å². The topological polar surface area (TPSA) is 80.8 Å². The number of ether oxygens (including phenoxy) is 1. The summed E-state index contributed by atoms with van der Waals surface area (Å²) >= 11 is 7.37. The van der Waals surface area contributed by atoms with Gasteiger partial charge in [-0.2, -0.15) is 0 Å². The lowest BCUT2D eigenvalue weighted by molar-refractivity contribution is -0.123. The summed E-state index contributed by atoms with van der Waals surface area (Å²) in [7, 11) is 0. The monoisotopic (exact) mass is 587 g/mol. The van der Waals surface area contributed by atoms with Crippen molar-refractivity contribution < 1.29 is 23.9 Å². The van der Waals surface area contributed by atoms with Gasteiger partial charge >= 0.3 is 5.97 Å². The number of hydrogen-bond acceptors (Lipinski definition) is 5. The lowest BCUT2D eigenvalue weighted by atomic mass is 9.81. The van der Waals surface area contributed by atoms with E-state index in [1.807, 2.05) is 19.9 Å². The Morgan fingerprint density at radius 3 is 2.18 bits per heavy atom. The summed E-state index contributed by atoms with van der Waals surface area (Å²) in [4.78, 5) is 53.1. The van der Waals surface area contributed by atoms with Gasteiger partial charge in [0.05, 0.1) is 23.1 Å². The van der Waals surface area contributed by atoms with Crippen molar-refractivity contribution in [3.05, 3.63) is 64.7 Å². The molecule has 2 amide bonds. The van der Waals surface area contributed by atoms with Gasteiger partial charge in [-0.05, 0) is 67.5 Å². The van der Waals surface area contributed by atoms with E-state index in [0.717, 1.165) is 17.5 Å². The first-order valence-corrected chi connectivity index (χ1v) is 13.1. The lowest BCUT2D eigenvalue weighted by Crippen LogP contribution is -2.37. The van der Waals surface area contributed by atoms with Crippen LogP contribution >= 0.6 is 31.9 Å². The summed E-state index contributed by atoms with van der Waals surface area (Å²) in [6.07, 6.45) is 0.855. The molecule has 2 aliphatic carbocycles. The number of benzene rings is 2. The fraction of sp³-hybridized carbons (Fsp3) is 0.385. The van der Waals surface area contributed by atoms with Crippen molar-refractivity contribution in [3.63, 3.8) is 0 Å². The zero-order valence-corrected chi connectivity index (χ0v) is 21.8. The van der Waals surface area contributed by atoms with Gasteiger partial charge in [0.15, 0.2) is 12.4 Å². The predicted octanol–water partition coefficient (Wildman–Crippen LogP) is 4.63. The molecule has 5 rings (SSSR count). The predicted molar refractivity (Wildman–Crippen MR) is 133 cm³/mol. The number of Topliss-reactive ketones (excluding diaryl/α,β-unsaturated/α-hetero) is 1. The van der Waals surface area contributed by atoms with Crippen LogP contribution in [0.2, 0.25) is 0 Å². The SMILES string of the molecule is Cc1ccc(C(=O)COC(=O)c2cccc(N3C(=O)C4C5CC(C(Br)C5Br)C4C3=O)c2)cc1C. The Hall–Kier alpha value is -2.32. The Balaban J connectivity index is 1.30. The van der Waals surface area contributed by atoms with Crippen LogP contribution in [0, 0.1) is 37.5 Å². The fourth-order valence-electron chi connectivity index (χ4n) is 5.59. The van der Waals surface area contributed by atoms with Gasteiger partial charge in [0.1, 0.15) is 0 Å². The number of hydrogen-bond donors (Lipinski definition) is 0. The van der Waals surface area contributed by atoms with E-state index in [-0.39, 0.29) is 63.1 Å². The van der Waals surface area contributed by atoms with E-state index in [1.54, 1.807) is 30.3 Å². The third kappa shape index (κ3) is 3.66. The molecule has 2 aromatic carbocycles. The molecule has 3 aliphatic rings. The Morgan fingerprint density at radius 2 is 1.56 bits per heavy atom. The molecule has 1 saturated heterocycles. The average Bonchev–Trinajstić information content (AvgIpc) is 3.43. The van der Waals surface area contributed by atoms with Gasteiger partial charge in [0, 0.05) is 15.2 Å². The molecule has 6 nitrogen and oxygen atoms in total. The molecule has 0 radical (unpaired) electrons. The number of aryl methyl sites for hydroxylation is 2. The minimum Gasteiger partial charge on any atom is -0.454 e. The maximum Gasteiger partial charge on any atom is 0.338 e. The molecule has 2 aromatic rings. The molecule has 6 unspecified atom stereocenters. The number of anilines is 1. The number of esters is 1. The second kappa shape index (κ2) is 8.72. The normalized spacial score (nSPS) is 29.5. The standard InChI is InChI=1S/C26H23Br2NO5/c1-12-6-7-14(8-13(12)2)19(30)11-34-26(33)15-4-3-5-16(9-15)29-24(31)20-17-10-18(21(20)25(29)32)23(28)22(17)27/h3-9,17-18,20-23H,10-11H2,1-2H3. The summed E-state index contributed by atoms with van der Waals surface area (Å²) in [5.41, 5.74) is 3.08. The maximum atomic E-state index is 13.3. The van der Waals surface area contributed by atoms with Gasteiger partial charge < -0.3 is 4.74 Å². The zero-order valence-electron chi connectivity index (χ0n) is 18.7. The van der Waals surface area contributed by atoms with Crippen LogP contribution in [0.15, 0.2) is 42.5 Å². The number of ketones is 1. The Morgan fingerprint density at radius 1 is 0.912 bits per heavy atom. The first-order chi connectivity index (χ1) is 16.2. The van der Waals surface area contributed by atoms with Crippen molar-refractivity contribution in [2.24, 2.45) is 23.7 Å². The van der Waals surface area contributed by atoms with Gasteiger partial charge in [-0.15, -0.1) is 0 Å². The zero-order chi connectivity index (χ0) is 24.3. The molecular formula is C26H23Br2NO5. The number of carbonyl (C=O) groups is 4. The van der Waals surface area contributed by atoms with Gasteiger partial charge in [0.2, 0.25) is 11.8 Å². The molecule has 176 valence electrons. The van der Waals surface area contributed by atoms with Crippen LogP contribution in [-0.4, -0.2) is 39.8 Å². The van der Waals surface area contributed by atoms with Crippen LogP contribution in [0.1, 0.15) is 38.3 Å². The van der Waals surface area contributed by atoms with E-state index >= 15 is 0 Å². The largest absolute Gasteiger partial charge is 0.454 e. The summed E-state index contributed by atoms with van der Waals surface area (Å²) in [6, 6.07) is 11.6. The Labute approximate surface area is 214 Å².